The Morgan fingerprint density at radius 3 is 2.65 bits per heavy atom. The average Bonchev–Trinajstić information content (AvgIpc) is 2.67. The van der Waals surface area contributed by atoms with Crippen LogP contribution in [0.1, 0.15) is 25.7 Å². The molecule has 1 unspecified atom stereocenters. The number of methoxy groups -OCH3 is 1. The number of carbonyl (C=O) groups is 1. The number of piperidine rings is 2. The zero-order valence-corrected chi connectivity index (χ0v) is 15.3. The fourth-order valence-electron chi connectivity index (χ4n) is 3.85. The lowest BCUT2D eigenvalue weighted by atomic mass is 9.98. The first-order chi connectivity index (χ1) is 12.6. The maximum Gasteiger partial charge on any atom is 0.409 e. The first-order valence-corrected chi connectivity index (χ1v) is 9.31. The summed E-state index contributed by atoms with van der Waals surface area (Å²) in [5, 5.41) is 0. The van der Waals surface area contributed by atoms with Crippen molar-refractivity contribution in [3.63, 3.8) is 0 Å². The molecular weight excluding hydrogens is 337 g/mol. The zero-order valence-electron chi connectivity index (χ0n) is 15.3. The van der Waals surface area contributed by atoms with Crippen LogP contribution in [-0.2, 0) is 9.47 Å². The number of nitrogens with zero attached hydrogens (tertiary/aromatic N) is 2. The van der Waals surface area contributed by atoms with Crippen LogP contribution in [0.15, 0.2) is 24.3 Å². The van der Waals surface area contributed by atoms with E-state index in [9.17, 15) is 9.18 Å². The van der Waals surface area contributed by atoms with Gasteiger partial charge in [0.2, 0.25) is 0 Å². The van der Waals surface area contributed by atoms with E-state index in [2.05, 4.69) is 4.90 Å². The molecule has 0 aliphatic carbocycles. The van der Waals surface area contributed by atoms with E-state index in [0.717, 1.165) is 38.8 Å². The minimum absolute atomic E-state index is 0.0960. The van der Waals surface area contributed by atoms with Crippen molar-refractivity contribution in [3.05, 3.63) is 30.1 Å². The molecule has 2 aliphatic heterocycles. The van der Waals surface area contributed by atoms with Crippen molar-refractivity contribution in [2.45, 2.75) is 43.9 Å². The van der Waals surface area contributed by atoms with Crippen LogP contribution in [0, 0.1) is 5.82 Å². The highest BCUT2D eigenvalue weighted by molar-refractivity contribution is 5.68. The molecule has 2 atom stereocenters. The smallest absolute Gasteiger partial charge is 0.409 e. The quantitative estimate of drug-likeness (QED) is 0.887. The summed E-state index contributed by atoms with van der Waals surface area (Å²) in [5.41, 5.74) is 6.86. The van der Waals surface area contributed by atoms with E-state index in [-0.39, 0.29) is 30.1 Å². The number of hydrogen-bond donors (Lipinski definition) is 1. The average molecular weight is 365 g/mol. The first kappa shape index (κ1) is 18.9. The molecule has 7 heteroatoms. The number of benzene rings is 1. The lowest BCUT2D eigenvalue weighted by Gasteiger charge is -2.40. The molecule has 2 aliphatic rings. The minimum Gasteiger partial charge on any atom is -0.453 e. The number of amides is 1. The molecule has 6 nitrogen and oxygen atoms in total. The van der Waals surface area contributed by atoms with E-state index in [1.165, 1.54) is 13.2 Å². The summed E-state index contributed by atoms with van der Waals surface area (Å²) in [4.78, 5) is 15.7. The van der Waals surface area contributed by atoms with Crippen LogP contribution < -0.4 is 10.6 Å². The Hall–Kier alpha value is -1.86. The van der Waals surface area contributed by atoms with Crippen molar-refractivity contribution in [1.82, 2.24) is 4.90 Å². The molecule has 0 bridgehead atoms. The van der Waals surface area contributed by atoms with Crippen LogP contribution in [-0.4, -0.2) is 62.5 Å². The Bertz CT molecular complexity index is 607. The van der Waals surface area contributed by atoms with Crippen LogP contribution >= 0.6 is 0 Å². The molecule has 26 heavy (non-hydrogen) atoms. The lowest BCUT2D eigenvalue weighted by molar-refractivity contribution is -0.0163. The maximum absolute atomic E-state index is 13.9. The van der Waals surface area contributed by atoms with Gasteiger partial charge in [-0.1, -0.05) is 12.1 Å². The molecule has 1 aromatic carbocycles. The number of para-hydroxylation sites is 1. The number of ether oxygens (including phenoxy) is 2. The Morgan fingerprint density at radius 2 is 1.96 bits per heavy atom. The van der Waals surface area contributed by atoms with Crippen molar-refractivity contribution < 1.29 is 18.7 Å². The van der Waals surface area contributed by atoms with Crippen molar-refractivity contribution in [1.29, 1.82) is 0 Å². The second kappa shape index (κ2) is 8.68. The summed E-state index contributed by atoms with van der Waals surface area (Å²) in [6.07, 6.45) is 3.18. The topological polar surface area (TPSA) is 68.0 Å². The molecule has 2 saturated heterocycles. The molecule has 0 radical (unpaired) electrons. The highest BCUT2D eigenvalue weighted by atomic mass is 19.1. The van der Waals surface area contributed by atoms with Crippen LogP contribution in [0.25, 0.3) is 0 Å². The summed E-state index contributed by atoms with van der Waals surface area (Å²) in [6.45, 7) is 2.58. The van der Waals surface area contributed by atoms with Crippen molar-refractivity contribution in [2.24, 2.45) is 5.73 Å². The molecule has 0 aromatic heterocycles. The first-order valence-electron chi connectivity index (χ1n) is 9.31. The zero-order chi connectivity index (χ0) is 18.5. The number of anilines is 1. The fourth-order valence-corrected chi connectivity index (χ4v) is 3.85. The molecule has 1 aromatic rings. The summed E-state index contributed by atoms with van der Waals surface area (Å²) in [6, 6.07) is 6.61. The van der Waals surface area contributed by atoms with Gasteiger partial charge in [-0.25, -0.2) is 9.18 Å². The highest BCUT2D eigenvalue weighted by Crippen LogP contribution is 2.25. The predicted molar refractivity (Wildman–Crippen MR) is 97.7 cm³/mol. The SMILES string of the molecule is COC(=O)N1CCCC(N)[C@@H]1COC1CCN(c2ccccc2F)CC1. The largest absolute Gasteiger partial charge is 0.453 e. The monoisotopic (exact) mass is 365 g/mol. The lowest BCUT2D eigenvalue weighted by Crippen LogP contribution is -2.56. The highest BCUT2D eigenvalue weighted by Gasteiger charge is 2.34. The third kappa shape index (κ3) is 4.27. The predicted octanol–water partition coefficient (Wildman–Crippen LogP) is 2.37. The maximum atomic E-state index is 13.9. The van der Waals surface area contributed by atoms with Gasteiger partial charge in [-0.15, -0.1) is 0 Å². The van der Waals surface area contributed by atoms with Crippen LogP contribution in [0.2, 0.25) is 0 Å². The van der Waals surface area contributed by atoms with E-state index < -0.39 is 0 Å². The summed E-state index contributed by atoms with van der Waals surface area (Å²) in [5.74, 6) is -0.186. The number of halogens is 1. The van der Waals surface area contributed by atoms with Crippen molar-refractivity contribution in [2.75, 3.05) is 38.3 Å². The summed E-state index contributed by atoms with van der Waals surface area (Å²) in [7, 11) is 1.39. The van der Waals surface area contributed by atoms with Crippen molar-refractivity contribution >= 4 is 11.8 Å². The molecule has 0 saturated carbocycles. The van der Waals surface area contributed by atoms with Crippen molar-refractivity contribution in [3.8, 4) is 0 Å². The minimum atomic E-state index is -0.344. The van der Waals surface area contributed by atoms with Gasteiger partial charge in [0, 0.05) is 25.7 Å². The van der Waals surface area contributed by atoms with Crippen LogP contribution in [0.5, 0.6) is 0 Å². The molecular formula is C19H28FN3O3. The number of hydrogen-bond acceptors (Lipinski definition) is 5. The molecule has 144 valence electrons. The summed E-state index contributed by atoms with van der Waals surface area (Å²) >= 11 is 0. The normalized spacial score (nSPS) is 24.6. The Balaban J connectivity index is 1.51. The van der Waals surface area contributed by atoms with Gasteiger partial charge in [-0.2, -0.15) is 0 Å². The molecule has 1 amide bonds. The van der Waals surface area contributed by atoms with Gasteiger partial charge in [-0.05, 0) is 37.8 Å². The van der Waals surface area contributed by atoms with E-state index in [1.54, 1.807) is 11.0 Å². The van der Waals surface area contributed by atoms with Gasteiger partial charge >= 0.3 is 6.09 Å². The Morgan fingerprint density at radius 1 is 1.23 bits per heavy atom. The third-order valence-electron chi connectivity index (χ3n) is 5.38. The number of rotatable bonds is 4. The van der Waals surface area contributed by atoms with Gasteiger partial charge in [0.25, 0.3) is 0 Å². The van der Waals surface area contributed by atoms with Gasteiger partial charge in [0.1, 0.15) is 5.82 Å². The van der Waals surface area contributed by atoms with Gasteiger partial charge in [-0.3, -0.25) is 0 Å². The van der Waals surface area contributed by atoms with Gasteiger partial charge < -0.3 is 25.0 Å². The van der Waals surface area contributed by atoms with Gasteiger partial charge in [0.05, 0.1) is 31.5 Å². The van der Waals surface area contributed by atoms with E-state index in [1.807, 2.05) is 12.1 Å². The standard InChI is InChI=1S/C19H28FN3O3/c1-25-19(24)23-10-4-6-16(21)18(23)13-26-14-8-11-22(12-9-14)17-7-3-2-5-15(17)20/h2-3,5,7,14,16,18H,4,6,8-13,21H2,1H3/t16?,18-/m0/s1. The van der Waals surface area contributed by atoms with E-state index >= 15 is 0 Å². The Kier molecular flexibility index (Phi) is 6.32. The van der Waals surface area contributed by atoms with Crippen LogP contribution in [0.4, 0.5) is 14.9 Å². The second-order valence-corrected chi connectivity index (χ2v) is 7.01. The number of nitrogens with two attached hydrogens (primary N) is 1. The number of likely N-dealkylation sites (tertiary alicyclic amines) is 1. The third-order valence-corrected chi connectivity index (χ3v) is 5.38. The summed E-state index contributed by atoms with van der Waals surface area (Å²) < 4.78 is 24.9. The van der Waals surface area contributed by atoms with Gasteiger partial charge in [0.15, 0.2) is 0 Å². The second-order valence-electron chi connectivity index (χ2n) is 7.01. The molecule has 2 N–H and O–H groups in total. The number of carbonyl (C=O) groups excluding carboxylic acids is 1. The molecule has 2 fully saturated rings. The fraction of sp³-hybridized carbons (Fsp3) is 0.632. The van der Waals surface area contributed by atoms with Crippen LogP contribution in [0.3, 0.4) is 0 Å². The van der Waals surface area contributed by atoms with E-state index in [0.29, 0.717) is 18.8 Å². The molecule has 0 spiro atoms. The Labute approximate surface area is 154 Å². The molecule has 2 heterocycles. The molecule has 3 rings (SSSR count). The van der Waals surface area contributed by atoms with E-state index in [4.69, 9.17) is 15.2 Å².